The van der Waals surface area contributed by atoms with Crippen molar-refractivity contribution in [3.05, 3.63) is 0 Å². The van der Waals surface area contributed by atoms with Gasteiger partial charge in [0.15, 0.2) is 0 Å². The molecule has 1 amide bonds. The third-order valence-electron chi connectivity index (χ3n) is 2.66. The Morgan fingerprint density at radius 3 is 2.56 bits per heavy atom. The molecule has 0 saturated carbocycles. The van der Waals surface area contributed by atoms with E-state index in [2.05, 4.69) is 0 Å². The third kappa shape index (κ3) is 3.18. The maximum atomic E-state index is 11.7. The van der Waals surface area contributed by atoms with E-state index in [9.17, 15) is 14.7 Å². The molecule has 0 spiro atoms. The molecule has 1 saturated heterocycles. The highest BCUT2D eigenvalue weighted by atomic mass is 16.4. The summed E-state index contributed by atoms with van der Waals surface area (Å²) in [4.78, 5) is 25.7. The highest BCUT2D eigenvalue weighted by Gasteiger charge is 2.38. The molecule has 0 radical (unpaired) electrons. The maximum absolute atomic E-state index is 11.7. The Balaban J connectivity index is 2.56. The molecular formula is C10H18N2O4. The van der Waals surface area contributed by atoms with Crippen molar-refractivity contribution >= 4 is 11.9 Å². The van der Waals surface area contributed by atoms with E-state index in [1.165, 1.54) is 4.90 Å². The van der Waals surface area contributed by atoms with Crippen LogP contribution in [-0.2, 0) is 9.59 Å². The average Bonchev–Trinajstić information content (AvgIpc) is 2.56. The summed E-state index contributed by atoms with van der Waals surface area (Å²) in [5.41, 5.74) is 0. The van der Waals surface area contributed by atoms with Gasteiger partial charge in [0.25, 0.3) is 0 Å². The number of carboxylic acid groups (broad SMARTS) is 1. The van der Waals surface area contributed by atoms with Crippen LogP contribution >= 0.6 is 0 Å². The summed E-state index contributed by atoms with van der Waals surface area (Å²) in [7, 11) is 3.70. The predicted molar refractivity (Wildman–Crippen MR) is 56.9 cm³/mol. The van der Waals surface area contributed by atoms with Gasteiger partial charge in [-0.05, 0) is 14.1 Å². The van der Waals surface area contributed by atoms with Crippen molar-refractivity contribution < 1.29 is 19.8 Å². The fourth-order valence-electron chi connectivity index (χ4n) is 1.79. The van der Waals surface area contributed by atoms with Gasteiger partial charge >= 0.3 is 5.97 Å². The minimum atomic E-state index is -1.05. The monoisotopic (exact) mass is 230 g/mol. The van der Waals surface area contributed by atoms with Crippen LogP contribution in [-0.4, -0.2) is 71.2 Å². The fraction of sp³-hybridized carbons (Fsp3) is 0.800. The number of rotatable bonds is 4. The summed E-state index contributed by atoms with van der Waals surface area (Å²) in [6, 6.07) is -0.871. The minimum absolute atomic E-state index is 0.128. The zero-order chi connectivity index (χ0) is 12.3. The number of hydrogen-bond acceptors (Lipinski definition) is 4. The number of amides is 1. The molecular weight excluding hydrogens is 212 g/mol. The van der Waals surface area contributed by atoms with Crippen LogP contribution in [0.2, 0.25) is 0 Å². The first-order chi connectivity index (χ1) is 7.41. The number of aliphatic carboxylic acids is 1. The van der Waals surface area contributed by atoms with Crippen LogP contribution in [0.5, 0.6) is 0 Å². The Morgan fingerprint density at radius 2 is 2.06 bits per heavy atom. The number of carbonyl (C=O) groups excluding carboxylic acids is 1. The normalized spacial score (nSPS) is 25.1. The highest BCUT2D eigenvalue weighted by molar-refractivity contribution is 5.84. The first kappa shape index (κ1) is 12.9. The summed E-state index contributed by atoms with van der Waals surface area (Å²) in [6.45, 7) is 0.709. The summed E-state index contributed by atoms with van der Waals surface area (Å²) >= 11 is 0. The van der Waals surface area contributed by atoms with Gasteiger partial charge in [-0.1, -0.05) is 0 Å². The zero-order valence-electron chi connectivity index (χ0n) is 9.59. The lowest BCUT2D eigenvalue weighted by atomic mass is 10.2. The number of aliphatic hydroxyl groups excluding tert-OH is 1. The second-order valence-electron chi connectivity index (χ2n) is 4.34. The molecule has 1 rings (SSSR count). The van der Waals surface area contributed by atoms with Gasteiger partial charge in [-0.2, -0.15) is 0 Å². The molecule has 1 aliphatic heterocycles. The van der Waals surface area contributed by atoms with Crippen molar-refractivity contribution in [3.63, 3.8) is 0 Å². The molecule has 0 aromatic carbocycles. The SMILES string of the molecule is CN(C)CCC(=O)N1C[C@@H](O)C[C@H]1C(=O)O. The van der Waals surface area contributed by atoms with Crippen molar-refractivity contribution in [2.24, 2.45) is 0 Å². The topological polar surface area (TPSA) is 81.1 Å². The molecule has 92 valence electrons. The third-order valence-corrected chi connectivity index (χ3v) is 2.66. The van der Waals surface area contributed by atoms with Gasteiger partial charge in [0.05, 0.1) is 6.10 Å². The molecule has 6 nitrogen and oxygen atoms in total. The van der Waals surface area contributed by atoms with Crippen LogP contribution < -0.4 is 0 Å². The van der Waals surface area contributed by atoms with Crippen molar-refractivity contribution in [2.75, 3.05) is 27.2 Å². The van der Waals surface area contributed by atoms with E-state index in [4.69, 9.17) is 5.11 Å². The van der Waals surface area contributed by atoms with Gasteiger partial charge in [-0.25, -0.2) is 4.79 Å². The van der Waals surface area contributed by atoms with Crippen LogP contribution in [0, 0.1) is 0 Å². The van der Waals surface area contributed by atoms with Crippen LogP contribution in [0.25, 0.3) is 0 Å². The van der Waals surface area contributed by atoms with Gasteiger partial charge in [0.2, 0.25) is 5.91 Å². The quantitative estimate of drug-likeness (QED) is 0.646. The minimum Gasteiger partial charge on any atom is -0.480 e. The summed E-state index contributed by atoms with van der Waals surface area (Å²) < 4.78 is 0. The van der Waals surface area contributed by atoms with E-state index in [1.54, 1.807) is 0 Å². The lowest BCUT2D eigenvalue weighted by Crippen LogP contribution is -2.41. The van der Waals surface area contributed by atoms with Crippen molar-refractivity contribution in [2.45, 2.75) is 25.0 Å². The molecule has 2 atom stereocenters. The lowest BCUT2D eigenvalue weighted by molar-refractivity contribution is -0.148. The van der Waals surface area contributed by atoms with Crippen molar-refractivity contribution in [3.8, 4) is 0 Å². The molecule has 0 unspecified atom stereocenters. The predicted octanol–water partition coefficient (Wildman–Crippen LogP) is -1.02. The standard InChI is InChI=1S/C10H18N2O4/c1-11(2)4-3-9(14)12-6-7(13)5-8(12)10(15)16/h7-8,13H,3-6H2,1-2H3,(H,15,16)/t7-,8-/m0/s1. The first-order valence-corrected chi connectivity index (χ1v) is 5.27. The zero-order valence-corrected chi connectivity index (χ0v) is 9.59. The Hall–Kier alpha value is -1.14. The smallest absolute Gasteiger partial charge is 0.326 e. The molecule has 0 aromatic heterocycles. The molecule has 1 aliphatic rings. The fourth-order valence-corrected chi connectivity index (χ4v) is 1.79. The van der Waals surface area contributed by atoms with E-state index < -0.39 is 18.1 Å². The van der Waals surface area contributed by atoms with Crippen LogP contribution in [0.15, 0.2) is 0 Å². The number of nitrogens with zero attached hydrogens (tertiary/aromatic N) is 2. The number of carboxylic acids is 1. The van der Waals surface area contributed by atoms with E-state index >= 15 is 0 Å². The van der Waals surface area contributed by atoms with Crippen LogP contribution in [0.4, 0.5) is 0 Å². The number of β-amino-alcohol motifs (C(OH)–C–C–N with tert-alkyl or cyclic N) is 1. The number of likely N-dealkylation sites (tertiary alicyclic amines) is 1. The number of hydrogen-bond donors (Lipinski definition) is 2. The molecule has 1 fully saturated rings. The summed E-state index contributed by atoms with van der Waals surface area (Å²) in [5.74, 6) is -1.26. The van der Waals surface area contributed by atoms with E-state index in [0.29, 0.717) is 6.54 Å². The Kier molecular flexibility index (Phi) is 4.26. The van der Waals surface area contributed by atoms with Crippen LogP contribution in [0.3, 0.4) is 0 Å². The molecule has 0 aliphatic carbocycles. The number of carbonyl (C=O) groups is 2. The molecule has 6 heteroatoms. The summed E-state index contributed by atoms with van der Waals surface area (Å²) in [6.07, 6.45) is -0.309. The second-order valence-corrected chi connectivity index (χ2v) is 4.34. The highest BCUT2D eigenvalue weighted by Crippen LogP contribution is 2.19. The largest absolute Gasteiger partial charge is 0.480 e. The van der Waals surface area contributed by atoms with E-state index in [1.807, 2.05) is 19.0 Å². The molecule has 0 bridgehead atoms. The average molecular weight is 230 g/mol. The van der Waals surface area contributed by atoms with E-state index in [-0.39, 0.29) is 25.3 Å². The van der Waals surface area contributed by atoms with Gasteiger partial charge in [-0.3, -0.25) is 4.79 Å². The molecule has 2 N–H and O–H groups in total. The van der Waals surface area contributed by atoms with Gasteiger partial charge in [0, 0.05) is 25.9 Å². The molecule has 16 heavy (non-hydrogen) atoms. The van der Waals surface area contributed by atoms with Gasteiger partial charge < -0.3 is 20.0 Å². The Morgan fingerprint density at radius 1 is 1.44 bits per heavy atom. The first-order valence-electron chi connectivity index (χ1n) is 5.27. The number of aliphatic hydroxyl groups is 1. The molecule has 1 heterocycles. The Labute approximate surface area is 94.4 Å². The van der Waals surface area contributed by atoms with Crippen molar-refractivity contribution in [1.82, 2.24) is 9.80 Å². The summed E-state index contributed by atoms with van der Waals surface area (Å²) in [5, 5.41) is 18.3. The van der Waals surface area contributed by atoms with Crippen LogP contribution in [0.1, 0.15) is 12.8 Å². The lowest BCUT2D eigenvalue weighted by Gasteiger charge is -2.21. The van der Waals surface area contributed by atoms with Gasteiger partial charge in [-0.15, -0.1) is 0 Å². The second kappa shape index (κ2) is 5.27. The maximum Gasteiger partial charge on any atom is 0.326 e. The molecule has 0 aromatic rings. The van der Waals surface area contributed by atoms with E-state index in [0.717, 1.165) is 0 Å². The van der Waals surface area contributed by atoms with Crippen molar-refractivity contribution in [1.29, 1.82) is 0 Å². The Bertz CT molecular complexity index is 280. The van der Waals surface area contributed by atoms with Gasteiger partial charge in [0.1, 0.15) is 6.04 Å².